The number of amides is 1. The fraction of sp³-hybridized carbons (Fsp3) is 0.154. The van der Waals surface area contributed by atoms with Gasteiger partial charge in [-0.1, -0.05) is 60.7 Å². The molecule has 10 heteroatoms. The first-order valence-corrected chi connectivity index (χ1v) is 12.0. The molecule has 1 N–H and O–H groups in total. The topological polar surface area (TPSA) is 56.6 Å². The number of ether oxygens (including phenoxy) is 1. The van der Waals surface area contributed by atoms with Crippen LogP contribution in [0.4, 0.5) is 18.9 Å². The lowest BCUT2D eigenvalue weighted by Gasteiger charge is -2.22. The molecule has 0 aliphatic carbocycles. The molecule has 1 aliphatic heterocycles. The van der Waals surface area contributed by atoms with E-state index < -0.39 is 6.36 Å². The Morgan fingerprint density at radius 1 is 1.00 bits per heavy atom. The summed E-state index contributed by atoms with van der Waals surface area (Å²) in [5, 5.41) is 8.46. The molecule has 0 saturated carbocycles. The van der Waals surface area contributed by atoms with E-state index >= 15 is 0 Å². The molecular formula is C26H24F3N3O2S2. The molecule has 3 aromatic carbocycles. The molecule has 1 aliphatic rings. The predicted molar refractivity (Wildman–Crippen MR) is 140 cm³/mol. The molecule has 5 nitrogen and oxygen atoms in total. The normalized spacial score (nSPS) is 14.8. The Kier molecular flexibility index (Phi) is 9.11. The summed E-state index contributed by atoms with van der Waals surface area (Å²) < 4.78 is 38.2. The van der Waals surface area contributed by atoms with Crippen LogP contribution in [0, 0.1) is 5.41 Å². The van der Waals surface area contributed by atoms with Crippen LogP contribution in [-0.2, 0) is 11.3 Å². The molecule has 1 saturated heterocycles. The Morgan fingerprint density at radius 3 is 2.14 bits per heavy atom. The third kappa shape index (κ3) is 7.32. The van der Waals surface area contributed by atoms with E-state index in [0.717, 1.165) is 21.8 Å². The highest BCUT2D eigenvalue weighted by Gasteiger charge is 2.35. The number of amidine groups is 1. The number of anilines is 1. The summed E-state index contributed by atoms with van der Waals surface area (Å²) in [6.07, 6.45) is -4.60. The predicted octanol–water partition coefficient (Wildman–Crippen LogP) is 6.94. The molecule has 1 amide bonds. The van der Waals surface area contributed by atoms with Crippen molar-refractivity contribution in [2.75, 3.05) is 11.9 Å². The minimum atomic E-state index is -4.60. The molecule has 0 aromatic heterocycles. The van der Waals surface area contributed by atoms with Gasteiger partial charge in [-0.3, -0.25) is 15.1 Å². The fourth-order valence-electron chi connectivity index (χ4n) is 3.25. The summed E-state index contributed by atoms with van der Waals surface area (Å²) in [6, 6.07) is 24.5. The van der Waals surface area contributed by atoms with Crippen molar-refractivity contribution in [1.29, 1.82) is 5.41 Å². The van der Waals surface area contributed by atoms with E-state index in [0.29, 0.717) is 11.4 Å². The second-order valence-electron chi connectivity index (χ2n) is 7.61. The molecule has 188 valence electrons. The largest absolute Gasteiger partial charge is 0.573 e. The molecule has 0 atom stereocenters. The summed E-state index contributed by atoms with van der Waals surface area (Å²) in [6.45, 7) is 2.31. The first kappa shape index (κ1) is 27.2. The summed E-state index contributed by atoms with van der Waals surface area (Å²) in [5.41, 5.74) is 2.75. The molecule has 0 unspecified atom stereocenters. The van der Waals surface area contributed by atoms with E-state index in [1.807, 2.05) is 73.5 Å². The van der Waals surface area contributed by atoms with E-state index in [-0.39, 0.29) is 16.8 Å². The van der Waals surface area contributed by atoms with Crippen LogP contribution in [0.15, 0.2) is 100 Å². The van der Waals surface area contributed by atoms with Gasteiger partial charge in [0.1, 0.15) is 5.75 Å². The maximum Gasteiger partial charge on any atom is 0.573 e. The Morgan fingerprint density at radius 2 is 1.56 bits per heavy atom. The highest BCUT2D eigenvalue weighted by atomic mass is 32.2. The zero-order valence-corrected chi connectivity index (χ0v) is 21.2. The standard InChI is InChI=1S/C19H19N3OS2.C7H5F3O/c1-13(21(2)15-10-6-7-11-16(15)24)17-18(23)22(19(20)25-17)12-14-8-4-3-5-9-14;8-7(9,10)11-6-4-2-1-3-5-6/h3-11,20,24H,12H2,1-2H3;1-5H/b17-13+,20-19?;. The van der Waals surface area contributed by atoms with Gasteiger partial charge in [0, 0.05) is 17.6 Å². The molecule has 36 heavy (non-hydrogen) atoms. The first-order valence-electron chi connectivity index (χ1n) is 10.7. The van der Waals surface area contributed by atoms with Crippen LogP contribution in [0.1, 0.15) is 12.5 Å². The smallest absolute Gasteiger partial charge is 0.406 e. The highest BCUT2D eigenvalue weighted by molar-refractivity contribution is 8.18. The van der Waals surface area contributed by atoms with Crippen LogP contribution in [-0.4, -0.2) is 29.4 Å². The number of hydrogen-bond acceptors (Lipinski definition) is 6. The van der Waals surface area contributed by atoms with E-state index in [1.165, 1.54) is 40.9 Å². The second kappa shape index (κ2) is 12.0. The molecule has 1 heterocycles. The van der Waals surface area contributed by atoms with E-state index in [4.69, 9.17) is 5.41 Å². The average molecular weight is 532 g/mol. The van der Waals surface area contributed by atoms with Crippen molar-refractivity contribution >= 4 is 41.2 Å². The minimum Gasteiger partial charge on any atom is -0.406 e. The van der Waals surface area contributed by atoms with Gasteiger partial charge in [-0.15, -0.1) is 25.8 Å². The van der Waals surface area contributed by atoms with Crippen molar-refractivity contribution in [2.24, 2.45) is 0 Å². The molecule has 0 radical (unpaired) electrons. The third-order valence-corrected chi connectivity index (χ3v) is 6.58. The van der Waals surface area contributed by atoms with Gasteiger partial charge < -0.3 is 9.64 Å². The zero-order chi connectivity index (χ0) is 26.3. The van der Waals surface area contributed by atoms with Crippen LogP contribution >= 0.6 is 24.4 Å². The van der Waals surface area contributed by atoms with Gasteiger partial charge in [0.25, 0.3) is 5.91 Å². The van der Waals surface area contributed by atoms with Crippen molar-refractivity contribution in [1.82, 2.24) is 4.90 Å². The zero-order valence-electron chi connectivity index (χ0n) is 19.5. The Bertz CT molecular complexity index is 1240. The van der Waals surface area contributed by atoms with Crippen molar-refractivity contribution in [3.8, 4) is 5.75 Å². The van der Waals surface area contributed by atoms with Gasteiger partial charge in [-0.25, -0.2) is 0 Å². The Balaban J connectivity index is 0.000000275. The number of thiol groups is 1. The van der Waals surface area contributed by atoms with Crippen LogP contribution in [0.2, 0.25) is 0 Å². The van der Waals surface area contributed by atoms with Crippen molar-refractivity contribution in [2.45, 2.75) is 24.7 Å². The third-order valence-electron chi connectivity index (χ3n) is 5.12. The summed E-state index contributed by atoms with van der Waals surface area (Å²) in [4.78, 5) is 17.7. The number of halogens is 3. The van der Waals surface area contributed by atoms with Crippen molar-refractivity contribution in [3.63, 3.8) is 0 Å². The summed E-state index contributed by atoms with van der Waals surface area (Å²) in [7, 11) is 1.91. The Hall–Kier alpha value is -3.37. The number of rotatable bonds is 5. The van der Waals surface area contributed by atoms with Gasteiger partial charge in [0.05, 0.1) is 17.1 Å². The fourth-order valence-corrected chi connectivity index (χ4v) is 4.50. The van der Waals surface area contributed by atoms with E-state index in [1.54, 1.807) is 6.07 Å². The number of nitrogens with one attached hydrogen (secondary N) is 1. The number of allylic oxidation sites excluding steroid dienone is 1. The first-order chi connectivity index (χ1) is 17.1. The molecule has 0 bridgehead atoms. The number of carbonyl (C=O) groups excluding carboxylic acids is 1. The van der Waals surface area contributed by atoms with Crippen molar-refractivity contribution < 1.29 is 22.7 Å². The SMILES string of the molecule is C/C(=C1\SC(=N)N(Cc2ccccc2)C1=O)N(C)c1ccccc1S.FC(F)(F)Oc1ccccc1. The van der Waals surface area contributed by atoms with Crippen LogP contribution in [0.5, 0.6) is 5.75 Å². The molecule has 4 rings (SSSR count). The lowest BCUT2D eigenvalue weighted by atomic mass is 10.2. The van der Waals surface area contributed by atoms with Gasteiger partial charge >= 0.3 is 6.36 Å². The molecule has 0 spiro atoms. The second-order valence-corrected chi connectivity index (χ2v) is 9.09. The number of alkyl halides is 3. The van der Waals surface area contributed by atoms with E-state index in [2.05, 4.69) is 17.4 Å². The number of benzene rings is 3. The van der Waals surface area contributed by atoms with Gasteiger partial charge in [0.2, 0.25) is 0 Å². The van der Waals surface area contributed by atoms with E-state index in [9.17, 15) is 18.0 Å². The van der Waals surface area contributed by atoms with Gasteiger partial charge in [-0.2, -0.15) is 0 Å². The summed E-state index contributed by atoms with van der Waals surface area (Å²) in [5.74, 6) is -0.320. The number of nitrogens with zero attached hydrogens (tertiary/aromatic N) is 2. The van der Waals surface area contributed by atoms with Gasteiger partial charge in [0.15, 0.2) is 5.17 Å². The highest BCUT2D eigenvalue weighted by Crippen LogP contribution is 2.36. The molecule has 1 fully saturated rings. The summed E-state index contributed by atoms with van der Waals surface area (Å²) >= 11 is 5.70. The lowest BCUT2D eigenvalue weighted by molar-refractivity contribution is -0.274. The quantitative estimate of drug-likeness (QED) is 0.277. The number of carbonyl (C=O) groups is 1. The number of thioether (sulfide) groups is 1. The Labute approximate surface area is 217 Å². The van der Waals surface area contributed by atoms with Crippen LogP contribution < -0.4 is 9.64 Å². The van der Waals surface area contributed by atoms with Gasteiger partial charge in [-0.05, 0) is 48.5 Å². The van der Waals surface area contributed by atoms with Crippen LogP contribution in [0.25, 0.3) is 0 Å². The molecule has 3 aromatic rings. The van der Waals surface area contributed by atoms with Crippen molar-refractivity contribution in [3.05, 3.63) is 101 Å². The lowest BCUT2D eigenvalue weighted by Crippen LogP contribution is -2.29. The maximum atomic E-state index is 12.8. The molecular weight excluding hydrogens is 507 g/mol. The maximum absolute atomic E-state index is 12.8. The van der Waals surface area contributed by atoms with Crippen LogP contribution in [0.3, 0.4) is 0 Å². The number of hydrogen-bond donors (Lipinski definition) is 2. The number of para-hydroxylation sites is 2. The minimum absolute atomic E-state index is 0.125. The average Bonchev–Trinajstić information content (AvgIpc) is 3.12. The monoisotopic (exact) mass is 531 g/mol.